The van der Waals surface area contributed by atoms with Gasteiger partial charge < -0.3 is 14.8 Å². The summed E-state index contributed by atoms with van der Waals surface area (Å²) in [5.74, 6) is -0.0362. The molecule has 0 saturated heterocycles. The molecule has 7 nitrogen and oxygen atoms in total. The molecule has 0 aliphatic carbocycles. The second-order valence-corrected chi connectivity index (χ2v) is 5.36. The summed E-state index contributed by atoms with van der Waals surface area (Å²) in [6.07, 6.45) is 0. The SMILES string of the molecule is CNC(=O)c1nnc2n1CCN(C(=O)c1ccc(F)c(C)c1)C2. The zero-order valence-electron chi connectivity index (χ0n) is 12.8. The van der Waals surface area contributed by atoms with Crippen molar-refractivity contribution in [2.24, 2.45) is 0 Å². The van der Waals surface area contributed by atoms with Crippen molar-refractivity contribution in [3.8, 4) is 0 Å². The first kappa shape index (κ1) is 15.1. The maximum absolute atomic E-state index is 13.3. The van der Waals surface area contributed by atoms with Crippen molar-refractivity contribution >= 4 is 11.8 Å². The van der Waals surface area contributed by atoms with Gasteiger partial charge in [0, 0.05) is 25.7 Å². The molecule has 2 heterocycles. The Hall–Kier alpha value is -2.77. The van der Waals surface area contributed by atoms with E-state index < -0.39 is 0 Å². The number of fused-ring (bicyclic) bond motifs is 1. The van der Waals surface area contributed by atoms with Crippen molar-refractivity contribution < 1.29 is 14.0 Å². The number of halogens is 1. The number of nitrogens with one attached hydrogen (secondary N) is 1. The van der Waals surface area contributed by atoms with Crippen molar-refractivity contribution in [2.45, 2.75) is 20.0 Å². The average Bonchev–Trinajstić information content (AvgIpc) is 2.99. The van der Waals surface area contributed by atoms with E-state index in [2.05, 4.69) is 15.5 Å². The van der Waals surface area contributed by atoms with Crippen LogP contribution in [0.15, 0.2) is 18.2 Å². The largest absolute Gasteiger partial charge is 0.352 e. The molecule has 0 fully saturated rings. The topological polar surface area (TPSA) is 80.1 Å². The summed E-state index contributed by atoms with van der Waals surface area (Å²) in [6.45, 7) is 2.76. The van der Waals surface area contributed by atoms with E-state index in [4.69, 9.17) is 0 Å². The Bertz CT molecular complexity index is 786. The van der Waals surface area contributed by atoms with Gasteiger partial charge in [0.2, 0.25) is 5.82 Å². The maximum atomic E-state index is 13.3. The van der Waals surface area contributed by atoms with Gasteiger partial charge in [-0.2, -0.15) is 0 Å². The van der Waals surface area contributed by atoms with E-state index in [0.29, 0.717) is 30.0 Å². The van der Waals surface area contributed by atoms with E-state index in [1.54, 1.807) is 16.4 Å². The number of hydrogen-bond acceptors (Lipinski definition) is 4. The molecular formula is C15H16FN5O2. The molecule has 0 saturated carbocycles. The number of aryl methyl sites for hydroxylation is 1. The molecule has 1 aromatic heterocycles. The highest BCUT2D eigenvalue weighted by atomic mass is 19.1. The number of amides is 2. The minimum Gasteiger partial charge on any atom is -0.352 e. The molecule has 1 aliphatic rings. The molecule has 2 aromatic rings. The molecule has 0 spiro atoms. The van der Waals surface area contributed by atoms with E-state index in [0.717, 1.165) is 0 Å². The third kappa shape index (κ3) is 2.67. The number of hydrogen-bond donors (Lipinski definition) is 1. The number of benzene rings is 1. The van der Waals surface area contributed by atoms with Crippen LogP contribution in [0.3, 0.4) is 0 Å². The third-order valence-corrected chi connectivity index (χ3v) is 3.88. The van der Waals surface area contributed by atoms with Crippen molar-refractivity contribution in [1.82, 2.24) is 25.0 Å². The Labute approximate surface area is 132 Å². The Balaban J connectivity index is 1.82. The molecule has 1 N–H and O–H groups in total. The average molecular weight is 317 g/mol. The zero-order valence-corrected chi connectivity index (χ0v) is 12.8. The Morgan fingerprint density at radius 3 is 2.74 bits per heavy atom. The monoisotopic (exact) mass is 317 g/mol. The lowest BCUT2D eigenvalue weighted by Crippen LogP contribution is -2.39. The molecule has 1 aromatic carbocycles. The van der Waals surface area contributed by atoms with Gasteiger partial charge in [-0.25, -0.2) is 4.39 Å². The summed E-state index contributed by atoms with van der Waals surface area (Å²) in [6, 6.07) is 4.30. The lowest BCUT2D eigenvalue weighted by atomic mass is 10.1. The van der Waals surface area contributed by atoms with Gasteiger partial charge in [0.05, 0.1) is 6.54 Å². The van der Waals surface area contributed by atoms with Crippen LogP contribution < -0.4 is 5.32 Å². The molecule has 2 amide bonds. The van der Waals surface area contributed by atoms with Crippen LogP contribution in [0.5, 0.6) is 0 Å². The fourth-order valence-electron chi connectivity index (χ4n) is 2.57. The number of carbonyl (C=O) groups excluding carboxylic acids is 2. The molecule has 0 unspecified atom stereocenters. The molecule has 0 radical (unpaired) electrons. The predicted molar refractivity (Wildman–Crippen MR) is 79.3 cm³/mol. The van der Waals surface area contributed by atoms with E-state index in [1.807, 2.05) is 0 Å². The number of rotatable bonds is 2. The molecular weight excluding hydrogens is 301 g/mol. The van der Waals surface area contributed by atoms with Crippen molar-refractivity contribution in [1.29, 1.82) is 0 Å². The molecule has 23 heavy (non-hydrogen) atoms. The summed E-state index contributed by atoms with van der Waals surface area (Å²) in [4.78, 5) is 25.9. The van der Waals surface area contributed by atoms with Crippen LogP contribution in [0, 0.1) is 12.7 Å². The van der Waals surface area contributed by atoms with Crippen LogP contribution >= 0.6 is 0 Å². The lowest BCUT2D eigenvalue weighted by molar-refractivity contribution is 0.0706. The standard InChI is InChI=1S/C15H16FN5O2/c1-9-7-10(3-4-11(9)16)15(23)20-5-6-21-12(8-20)18-19-13(21)14(22)17-2/h3-4,7H,5-6,8H2,1-2H3,(H,17,22). The van der Waals surface area contributed by atoms with Gasteiger partial charge in [-0.1, -0.05) is 0 Å². The summed E-state index contributed by atoms with van der Waals surface area (Å²) in [5.41, 5.74) is 0.862. The van der Waals surface area contributed by atoms with Gasteiger partial charge >= 0.3 is 0 Å². The van der Waals surface area contributed by atoms with Crippen LogP contribution in [0.2, 0.25) is 0 Å². The van der Waals surface area contributed by atoms with Crippen LogP contribution in [0.1, 0.15) is 32.4 Å². The van der Waals surface area contributed by atoms with Crippen molar-refractivity contribution in [2.75, 3.05) is 13.6 Å². The maximum Gasteiger partial charge on any atom is 0.288 e. The van der Waals surface area contributed by atoms with Crippen molar-refractivity contribution in [3.63, 3.8) is 0 Å². The second-order valence-electron chi connectivity index (χ2n) is 5.36. The first-order valence-electron chi connectivity index (χ1n) is 7.21. The summed E-state index contributed by atoms with van der Waals surface area (Å²) >= 11 is 0. The molecule has 1 aliphatic heterocycles. The molecule has 0 bridgehead atoms. The Kier molecular flexibility index (Phi) is 3.81. The zero-order chi connectivity index (χ0) is 16.6. The van der Waals surface area contributed by atoms with Crippen LogP contribution in [-0.4, -0.2) is 45.1 Å². The van der Waals surface area contributed by atoms with Gasteiger partial charge in [-0.05, 0) is 30.7 Å². The van der Waals surface area contributed by atoms with Crippen molar-refractivity contribution in [3.05, 3.63) is 46.8 Å². The lowest BCUT2D eigenvalue weighted by Gasteiger charge is -2.27. The van der Waals surface area contributed by atoms with Gasteiger partial charge in [-0.15, -0.1) is 10.2 Å². The highest BCUT2D eigenvalue weighted by Crippen LogP contribution is 2.17. The van der Waals surface area contributed by atoms with Gasteiger partial charge in [0.1, 0.15) is 5.82 Å². The normalized spacial score (nSPS) is 13.6. The quantitative estimate of drug-likeness (QED) is 0.886. The predicted octanol–water partition coefficient (Wildman–Crippen LogP) is 0.741. The number of aromatic nitrogens is 3. The highest BCUT2D eigenvalue weighted by Gasteiger charge is 2.27. The molecule has 120 valence electrons. The molecule has 0 atom stereocenters. The first-order valence-corrected chi connectivity index (χ1v) is 7.21. The van der Waals surface area contributed by atoms with Crippen LogP contribution in [0.4, 0.5) is 4.39 Å². The summed E-state index contributed by atoms with van der Waals surface area (Å²) < 4.78 is 15.0. The summed E-state index contributed by atoms with van der Waals surface area (Å²) in [7, 11) is 1.53. The Morgan fingerprint density at radius 2 is 2.04 bits per heavy atom. The van der Waals surface area contributed by atoms with Crippen LogP contribution in [-0.2, 0) is 13.1 Å². The van der Waals surface area contributed by atoms with E-state index in [9.17, 15) is 14.0 Å². The Morgan fingerprint density at radius 1 is 1.26 bits per heavy atom. The minimum atomic E-state index is -0.338. The van der Waals surface area contributed by atoms with E-state index >= 15 is 0 Å². The summed E-state index contributed by atoms with van der Waals surface area (Å²) in [5, 5.41) is 10.4. The van der Waals surface area contributed by atoms with Gasteiger partial charge in [-0.3, -0.25) is 9.59 Å². The highest BCUT2D eigenvalue weighted by molar-refractivity contribution is 5.94. The third-order valence-electron chi connectivity index (χ3n) is 3.88. The molecule has 8 heteroatoms. The minimum absolute atomic E-state index is 0.191. The van der Waals surface area contributed by atoms with Gasteiger partial charge in [0.25, 0.3) is 11.8 Å². The van der Waals surface area contributed by atoms with E-state index in [1.165, 1.54) is 25.2 Å². The molecule has 3 rings (SSSR count). The number of carbonyl (C=O) groups is 2. The van der Waals surface area contributed by atoms with Gasteiger partial charge in [0.15, 0.2) is 5.82 Å². The van der Waals surface area contributed by atoms with Crippen LogP contribution in [0.25, 0.3) is 0 Å². The smallest absolute Gasteiger partial charge is 0.288 e. The first-order chi connectivity index (χ1) is 11.0. The fourth-order valence-corrected chi connectivity index (χ4v) is 2.57. The number of nitrogens with zero attached hydrogens (tertiary/aromatic N) is 4. The second kappa shape index (κ2) is 5.79. The van der Waals surface area contributed by atoms with E-state index in [-0.39, 0.29) is 30.0 Å². The fraction of sp³-hybridized carbons (Fsp3) is 0.333.